The molecule has 57 heavy (non-hydrogen) atoms. The Morgan fingerprint density at radius 3 is 2.79 bits per heavy atom. The van der Waals surface area contributed by atoms with E-state index in [9.17, 15) is 14.4 Å². The molecule has 13 heteroatoms. The van der Waals surface area contributed by atoms with Crippen molar-refractivity contribution in [3.63, 3.8) is 0 Å². The number of hydrazine groups is 1. The maximum atomic E-state index is 14.3. The van der Waals surface area contributed by atoms with Gasteiger partial charge in [0.05, 0.1) is 40.7 Å². The molecule has 5 aromatic rings. The van der Waals surface area contributed by atoms with Crippen LogP contribution in [0.15, 0.2) is 66.2 Å². The number of pyridine rings is 1. The second-order valence-electron chi connectivity index (χ2n) is 16.1. The molecule has 6 bridgehead atoms. The average Bonchev–Trinajstić information content (AvgIpc) is 3.83. The first-order valence-electron chi connectivity index (χ1n) is 19.9. The lowest BCUT2D eigenvalue weighted by Crippen LogP contribution is -2.61. The Bertz CT molecular complexity index is 2320. The number of aryl methyl sites for hydroxylation is 1. The summed E-state index contributed by atoms with van der Waals surface area (Å²) in [5.41, 5.74) is 10.5. The number of amides is 2. The third-order valence-corrected chi connectivity index (χ3v) is 12.3. The van der Waals surface area contributed by atoms with Crippen molar-refractivity contribution in [1.82, 2.24) is 30.3 Å². The normalized spacial score (nSPS) is 21.6. The molecule has 2 amide bonds. The Balaban J connectivity index is 1.20. The van der Waals surface area contributed by atoms with Gasteiger partial charge >= 0.3 is 5.97 Å². The predicted octanol–water partition coefficient (Wildman–Crippen LogP) is 6.45. The van der Waals surface area contributed by atoms with E-state index in [0.717, 1.165) is 62.5 Å². The minimum Gasteiger partial charge on any atom is -0.492 e. The lowest BCUT2D eigenvalue weighted by Gasteiger charge is -2.36. The standard InChI is InChI=1S/C44H50N6O6S/c1-6-49-36-16-15-27-20-31(36)32(40(49)30-12-9-17-45-39(30)26(2)54-5)22-44(3,4)25-56-43(53)33-13-10-18-50(48-33)42(52)34(21-38-46-35(27)24-57-38)47-41(51)29-19-28-11-7-8-14-37(28)55-23-29/h7-9,11-12,14-17,20,24,26,29,33-34,48H,6,10,13,18-19,21-23,25H2,1-5H3,(H,47,51)/t26-,29+,33-,34-/m0/s1. The summed E-state index contributed by atoms with van der Waals surface area (Å²) in [7, 11) is 1.70. The largest absolute Gasteiger partial charge is 0.492 e. The number of nitrogens with one attached hydrogen (secondary N) is 2. The van der Waals surface area contributed by atoms with Crippen molar-refractivity contribution in [2.24, 2.45) is 11.3 Å². The number of carbonyl (C=O) groups excluding carboxylic acids is 3. The van der Waals surface area contributed by atoms with E-state index in [1.165, 1.54) is 16.3 Å². The number of thiazole rings is 1. The number of benzene rings is 2. The highest BCUT2D eigenvalue weighted by molar-refractivity contribution is 7.10. The van der Waals surface area contributed by atoms with Crippen LogP contribution < -0.4 is 15.5 Å². The Morgan fingerprint density at radius 1 is 1.12 bits per heavy atom. The molecule has 6 heterocycles. The molecule has 1 fully saturated rings. The molecule has 0 unspecified atom stereocenters. The van der Waals surface area contributed by atoms with Gasteiger partial charge < -0.3 is 24.1 Å². The number of aromatic nitrogens is 3. The number of nitrogens with zero attached hydrogens (tertiary/aromatic N) is 4. The van der Waals surface area contributed by atoms with Gasteiger partial charge in [-0.05, 0) is 81.0 Å². The maximum absolute atomic E-state index is 14.3. The van der Waals surface area contributed by atoms with Crippen molar-refractivity contribution in [2.75, 3.05) is 26.9 Å². The molecule has 0 radical (unpaired) electrons. The van der Waals surface area contributed by atoms with Crippen LogP contribution in [0, 0.1) is 11.3 Å². The molecule has 0 spiro atoms. The van der Waals surface area contributed by atoms with Crippen LogP contribution in [0.3, 0.4) is 0 Å². The summed E-state index contributed by atoms with van der Waals surface area (Å²) < 4.78 is 20.1. The van der Waals surface area contributed by atoms with E-state index in [4.69, 9.17) is 24.2 Å². The summed E-state index contributed by atoms with van der Waals surface area (Å²) in [5, 5.41) is 8.35. The second-order valence-corrected chi connectivity index (χ2v) is 17.0. The summed E-state index contributed by atoms with van der Waals surface area (Å²) >= 11 is 1.46. The van der Waals surface area contributed by atoms with Crippen LogP contribution in [0.2, 0.25) is 0 Å². The fraction of sp³-hybridized carbons (Fsp3) is 0.432. The number of esters is 1. The topological polar surface area (TPSA) is 137 Å². The Morgan fingerprint density at radius 2 is 1.96 bits per heavy atom. The quantitative estimate of drug-likeness (QED) is 0.186. The summed E-state index contributed by atoms with van der Waals surface area (Å²) in [5.74, 6) is -0.684. The summed E-state index contributed by atoms with van der Waals surface area (Å²) in [6.45, 7) is 9.89. The van der Waals surface area contributed by atoms with E-state index in [-0.39, 0.29) is 37.6 Å². The molecular formula is C44H50N6O6S. The van der Waals surface area contributed by atoms with E-state index in [2.05, 4.69) is 60.3 Å². The highest BCUT2D eigenvalue weighted by atomic mass is 32.1. The van der Waals surface area contributed by atoms with Gasteiger partial charge in [-0.3, -0.25) is 24.4 Å². The number of methoxy groups -OCH3 is 1. The molecule has 0 saturated carbocycles. The number of carbonyl (C=O) groups is 3. The summed E-state index contributed by atoms with van der Waals surface area (Å²) in [6, 6.07) is 16.6. The van der Waals surface area contributed by atoms with Crippen LogP contribution in [-0.2, 0) is 49.7 Å². The van der Waals surface area contributed by atoms with Crippen LogP contribution in [0.25, 0.3) is 33.4 Å². The molecule has 0 aliphatic carbocycles. The number of hydrogen-bond donors (Lipinski definition) is 2. The van der Waals surface area contributed by atoms with Gasteiger partial charge in [-0.15, -0.1) is 11.3 Å². The number of rotatable bonds is 6. The minimum atomic E-state index is -0.924. The number of fused-ring (bicyclic) bond motifs is 7. The zero-order chi connectivity index (χ0) is 39.8. The highest BCUT2D eigenvalue weighted by Gasteiger charge is 2.37. The first-order chi connectivity index (χ1) is 27.5. The van der Waals surface area contributed by atoms with Gasteiger partial charge in [0.2, 0.25) is 5.91 Å². The monoisotopic (exact) mass is 790 g/mol. The zero-order valence-electron chi connectivity index (χ0n) is 33.2. The fourth-order valence-corrected chi connectivity index (χ4v) is 9.20. The first kappa shape index (κ1) is 38.7. The van der Waals surface area contributed by atoms with Crippen LogP contribution >= 0.6 is 11.3 Å². The molecule has 2 aromatic carbocycles. The van der Waals surface area contributed by atoms with Gasteiger partial charge in [0.1, 0.15) is 24.4 Å². The smallest absolute Gasteiger partial charge is 0.324 e. The minimum absolute atomic E-state index is 0.172. The lowest BCUT2D eigenvalue weighted by molar-refractivity contribution is -0.155. The van der Waals surface area contributed by atoms with Crippen molar-refractivity contribution in [3.8, 4) is 28.3 Å². The van der Waals surface area contributed by atoms with Gasteiger partial charge in [0.25, 0.3) is 5.91 Å². The van der Waals surface area contributed by atoms with E-state index < -0.39 is 29.4 Å². The molecule has 4 atom stereocenters. The molecular weight excluding hydrogens is 741 g/mol. The van der Waals surface area contributed by atoms with Gasteiger partial charge in [-0.25, -0.2) is 10.4 Å². The van der Waals surface area contributed by atoms with Crippen LogP contribution in [0.5, 0.6) is 5.75 Å². The van der Waals surface area contributed by atoms with Crippen LogP contribution in [0.1, 0.15) is 68.5 Å². The van der Waals surface area contributed by atoms with Crippen molar-refractivity contribution in [1.29, 1.82) is 0 Å². The predicted molar refractivity (Wildman–Crippen MR) is 218 cm³/mol. The van der Waals surface area contributed by atoms with Crippen molar-refractivity contribution in [3.05, 3.63) is 88.0 Å². The summed E-state index contributed by atoms with van der Waals surface area (Å²) in [4.78, 5) is 51.8. The molecule has 2 N–H and O–H groups in total. The third-order valence-electron chi connectivity index (χ3n) is 11.4. The molecule has 1 saturated heterocycles. The zero-order valence-corrected chi connectivity index (χ0v) is 34.0. The molecule has 298 valence electrons. The van der Waals surface area contributed by atoms with Crippen LogP contribution in [0.4, 0.5) is 0 Å². The van der Waals surface area contributed by atoms with Crippen molar-refractivity contribution < 1.29 is 28.6 Å². The second kappa shape index (κ2) is 16.0. The van der Waals surface area contributed by atoms with Gasteiger partial charge in [0, 0.05) is 65.6 Å². The van der Waals surface area contributed by atoms with E-state index >= 15 is 0 Å². The van der Waals surface area contributed by atoms with E-state index in [0.29, 0.717) is 37.2 Å². The van der Waals surface area contributed by atoms with E-state index in [1.54, 1.807) is 13.3 Å². The maximum Gasteiger partial charge on any atom is 0.324 e. The van der Waals surface area contributed by atoms with Gasteiger partial charge in [-0.1, -0.05) is 38.1 Å². The molecule has 3 aliphatic rings. The number of ether oxygens (including phenoxy) is 3. The Kier molecular flexibility index (Phi) is 10.9. The SMILES string of the molecule is CCn1c(-c2cccnc2[C@H](C)OC)c2c3cc(ccc31)-c1csc(n1)C[C@H](NC(=O)[C@H]1COc3ccccc3C1)C(=O)N1CCC[C@H](N1)C(=O)OCC(C)(C)C2. The number of hydrogen-bond acceptors (Lipinski definition) is 10. The fourth-order valence-electron chi connectivity index (χ4n) is 8.35. The molecule has 12 nitrogen and oxygen atoms in total. The Hall–Kier alpha value is -5.11. The van der Waals surface area contributed by atoms with Crippen LogP contribution in [-0.4, -0.2) is 76.3 Å². The third kappa shape index (κ3) is 7.80. The van der Waals surface area contributed by atoms with Crippen molar-refractivity contribution >= 4 is 40.0 Å². The van der Waals surface area contributed by atoms with Crippen molar-refractivity contribution in [2.45, 2.75) is 84.5 Å². The molecule has 3 aromatic heterocycles. The lowest BCUT2D eigenvalue weighted by atomic mass is 9.84. The molecule has 3 aliphatic heterocycles. The van der Waals surface area contributed by atoms with Gasteiger partial charge in [0.15, 0.2) is 0 Å². The number of cyclic esters (lactones) is 1. The number of para-hydroxylation sites is 1. The van der Waals surface area contributed by atoms with E-state index in [1.807, 2.05) is 42.6 Å². The average molecular weight is 791 g/mol. The first-order valence-corrected chi connectivity index (χ1v) is 20.7. The Labute approximate surface area is 336 Å². The molecule has 8 rings (SSSR count). The summed E-state index contributed by atoms with van der Waals surface area (Å²) in [6.07, 6.45) is 4.00. The highest BCUT2D eigenvalue weighted by Crippen LogP contribution is 2.42. The van der Waals surface area contributed by atoms with Gasteiger partial charge in [-0.2, -0.15) is 0 Å².